The second-order valence-corrected chi connectivity index (χ2v) is 7.88. The van der Waals surface area contributed by atoms with E-state index in [9.17, 15) is 22.8 Å². The van der Waals surface area contributed by atoms with Crippen molar-refractivity contribution in [3.63, 3.8) is 0 Å². The van der Waals surface area contributed by atoms with Gasteiger partial charge in [0.05, 0.1) is 31.1 Å². The van der Waals surface area contributed by atoms with E-state index in [0.717, 1.165) is 16.7 Å². The molecular formula is C22H15BrF3N3O3. The predicted octanol–water partition coefficient (Wildman–Crippen LogP) is 3.84. The van der Waals surface area contributed by atoms with Crippen molar-refractivity contribution < 1.29 is 17.9 Å². The summed E-state index contributed by atoms with van der Waals surface area (Å²) in [6.07, 6.45) is 1.51. The smallest absolute Gasteiger partial charge is 0.332 e. The Morgan fingerprint density at radius 3 is 2.41 bits per heavy atom. The van der Waals surface area contributed by atoms with Crippen molar-refractivity contribution in [2.45, 2.75) is 13.1 Å². The van der Waals surface area contributed by atoms with Crippen molar-refractivity contribution >= 4 is 26.8 Å². The third kappa shape index (κ3) is 3.93. The van der Waals surface area contributed by atoms with Crippen LogP contribution in [0.1, 0.15) is 11.1 Å². The van der Waals surface area contributed by atoms with Gasteiger partial charge in [0.1, 0.15) is 0 Å². The Morgan fingerprint density at radius 2 is 1.72 bits per heavy atom. The van der Waals surface area contributed by atoms with E-state index in [0.29, 0.717) is 10.0 Å². The quantitative estimate of drug-likeness (QED) is 0.386. The Hall–Kier alpha value is -3.40. The minimum absolute atomic E-state index is 0.0222. The van der Waals surface area contributed by atoms with Crippen LogP contribution in [0.3, 0.4) is 0 Å². The second-order valence-electron chi connectivity index (χ2n) is 6.97. The van der Waals surface area contributed by atoms with E-state index >= 15 is 0 Å². The molecule has 0 aliphatic rings. The van der Waals surface area contributed by atoms with Crippen LogP contribution < -0.4 is 16.0 Å². The van der Waals surface area contributed by atoms with Gasteiger partial charge in [0.2, 0.25) is 5.88 Å². The molecule has 0 aliphatic heterocycles. The number of aromatic nitrogens is 3. The van der Waals surface area contributed by atoms with Gasteiger partial charge in [-0.25, -0.2) is 22.9 Å². The second kappa shape index (κ2) is 8.62. The lowest BCUT2D eigenvalue weighted by Gasteiger charge is -2.15. The van der Waals surface area contributed by atoms with Crippen LogP contribution in [0.15, 0.2) is 62.7 Å². The van der Waals surface area contributed by atoms with Gasteiger partial charge in [-0.15, -0.1) is 0 Å². The highest BCUT2D eigenvalue weighted by Gasteiger charge is 2.17. The lowest BCUT2D eigenvalue weighted by Crippen LogP contribution is -2.40. The summed E-state index contributed by atoms with van der Waals surface area (Å²) in [6.45, 7) is -0.419. The zero-order chi connectivity index (χ0) is 23.0. The lowest BCUT2D eigenvalue weighted by atomic mass is 10.1. The first kappa shape index (κ1) is 21.8. The zero-order valence-electron chi connectivity index (χ0n) is 16.6. The average Bonchev–Trinajstić information content (AvgIpc) is 2.78. The molecule has 0 radical (unpaired) electrons. The van der Waals surface area contributed by atoms with Crippen LogP contribution in [-0.2, 0) is 13.1 Å². The summed E-state index contributed by atoms with van der Waals surface area (Å²) in [5.74, 6) is -4.08. The van der Waals surface area contributed by atoms with Crippen LogP contribution >= 0.6 is 15.9 Å². The molecule has 0 amide bonds. The highest BCUT2D eigenvalue weighted by atomic mass is 79.9. The molecule has 0 atom stereocenters. The van der Waals surface area contributed by atoms with Crippen LogP contribution in [0.5, 0.6) is 5.88 Å². The van der Waals surface area contributed by atoms with Gasteiger partial charge in [-0.3, -0.25) is 13.9 Å². The summed E-state index contributed by atoms with van der Waals surface area (Å²) >= 11 is 3.31. The van der Waals surface area contributed by atoms with Gasteiger partial charge in [-0.05, 0) is 42.0 Å². The average molecular weight is 506 g/mol. The van der Waals surface area contributed by atoms with E-state index < -0.39 is 28.7 Å². The number of methoxy groups -OCH3 is 1. The maximum absolute atomic E-state index is 13.7. The first-order chi connectivity index (χ1) is 15.3. The predicted molar refractivity (Wildman–Crippen MR) is 115 cm³/mol. The SMILES string of the molecule is COc1ncccc1Cn1c(=O)c2ccc(Br)cc2n(Cc2cc(F)c(F)c(F)c2)c1=O. The van der Waals surface area contributed by atoms with Crippen molar-refractivity contribution in [3.8, 4) is 5.88 Å². The van der Waals surface area contributed by atoms with Gasteiger partial charge < -0.3 is 4.74 Å². The van der Waals surface area contributed by atoms with Crippen LogP contribution in [0.4, 0.5) is 13.2 Å². The number of ether oxygens (including phenoxy) is 1. The van der Waals surface area contributed by atoms with Crippen LogP contribution in [0.25, 0.3) is 10.9 Å². The van der Waals surface area contributed by atoms with E-state index in [1.54, 1.807) is 30.3 Å². The first-order valence-electron chi connectivity index (χ1n) is 9.34. The molecule has 0 saturated heterocycles. The Morgan fingerprint density at radius 1 is 1.00 bits per heavy atom. The number of pyridine rings is 1. The highest BCUT2D eigenvalue weighted by molar-refractivity contribution is 9.10. The number of hydrogen-bond acceptors (Lipinski definition) is 4. The topological polar surface area (TPSA) is 66.1 Å². The third-order valence-corrected chi connectivity index (χ3v) is 5.44. The first-order valence-corrected chi connectivity index (χ1v) is 10.1. The molecular weight excluding hydrogens is 491 g/mol. The van der Waals surface area contributed by atoms with Crippen molar-refractivity contribution in [1.29, 1.82) is 0 Å². The van der Waals surface area contributed by atoms with E-state index in [4.69, 9.17) is 4.74 Å². The summed E-state index contributed by atoms with van der Waals surface area (Å²) in [5.41, 5.74) is -0.480. The van der Waals surface area contributed by atoms with E-state index in [1.165, 1.54) is 17.9 Å². The summed E-state index contributed by atoms with van der Waals surface area (Å²) in [6, 6.07) is 9.68. The van der Waals surface area contributed by atoms with Gasteiger partial charge in [-0.1, -0.05) is 22.0 Å². The Labute approximate surface area is 187 Å². The molecule has 0 N–H and O–H groups in total. The van der Waals surface area contributed by atoms with Gasteiger partial charge in [-0.2, -0.15) is 0 Å². The Kier molecular flexibility index (Phi) is 5.88. The Balaban J connectivity index is 1.94. The van der Waals surface area contributed by atoms with Gasteiger partial charge in [0.15, 0.2) is 17.5 Å². The highest BCUT2D eigenvalue weighted by Crippen LogP contribution is 2.20. The molecule has 2 aromatic heterocycles. The third-order valence-electron chi connectivity index (χ3n) is 4.94. The van der Waals surface area contributed by atoms with E-state index in [2.05, 4.69) is 20.9 Å². The van der Waals surface area contributed by atoms with E-state index in [1.807, 2.05) is 0 Å². The number of nitrogens with zero attached hydrogens (tertiary/aromatic N) is 3. The fourth-order valence-corrected chi connectivity index (χ4v) is 3.81. The fraction of sp³-hybridized carbons (Fsp3) is 0.136. The molecule has 6 nitrogen and oxygen atoms in total. The molecule has 2 heterocycles. The summed E-state index contributed by atoms with van der Waals surface area (Å²) in [7, 11) is 1.42. The number of benzene rings is 2. The molecule has 164 valence electrons. The summed E-state index contributed by atoms with van der Waals surface area (Å²) < 4.78 is 48.9. The molecule has 0 unspecified atom stereocenters. The molecule has 32 heavy (non-hydrogen) atoms. The molecule has 0 aliphatic carbocycles. The molecule has 4 aromatic rings. The summed E-state index contributed by atoms with van der Waals surface area (Å²) in [4.78, 5) is 30.5. The summed E-state index contributed by atoms with van der Waals surface area (Å²) in [5, 5.41) is 0.221. The van der Waals surface area contributed by atoms with Gasteiger partial charge in [0.25, 0.3) is 5.56 Å². The molecule has 0 fully saturated rings. The number of rotatable bonds is 5. The minimum Gasteiger partial charge on any atom is -0.481 e. The fourth-order valence-electron chi connectivity index (χ4n) is 3.46. The molecule has 4 rings (SSSR count). The van der Waals surface area contributed by atoms with Crippen molar-refractivity contribution in [2.24, 2.45) is 0 Å². The number of hydrogen-bond donors (Lipinski definition) is 0. The number of fused-ring (bicyclic) bond motifs is 1. The monoisotopic (exact) mass is 505 g/mol. The van der Waals surface area contributed by atoms with Gasteiger partial charge >= 0.3 is 5.69 Å². The van der Waals surface area contributed by atoms with Crippen LogP contribution in [0, 0.1) is 17.5 Å². The lowest BCUT2D eigenvalue weighted by molar-refractivity contribution is 0.390. The molecule has 0 saturated carbocycles. The van der Waals surface area contributed by atoms with Crippen molar-refractivity contribution in [1.82, 2.24) is 14.1 Å². The van der Waals surface area contributed by atoms with Crippen LogP contribution in [-0.4, -0.2) is 21.2 Å². The Bertz CT molecular complexity index is 1440. The van der Waals surface area contributed by atoms with Crippen LogP contribution in [0.2, 0.25) is 0 Å². The molecule has 0 bridgehead atoms. The minimum atomic E-state index is -1.60. The maximum atomic E-state index is 13.7. The zero-order valence-corrected chi connectivity index (χ0v) is 18.2. The van der Waals surface area contributed by atoms with Crippen molar-refractivity contribution in [2.75, 3.05) is 7.11 Å². The van der Waals surface area contributed by atoms with Gasteiger partial charge in [0, 0.05) is 16.2 Å². The molecule has 0 spiro atoms. The molecule has 2 aromatic carbocycles. The molecule has 10 heteroatoms. The number of halogens is 4. The normalized spacial score (nSPS) is 11.2. The largest absolute Gasteiger partial charge is 0.481 e. The van der Waals surface area contributed by atoms with Crippen molar-refractivity contribution in [3.05, 3.63) is 103 Å². The maximum Gasteiger partial charge on any atom is 0.332 e. The van der Waals surface area contributed by atoms with E-state index in [-0.39, 0.29) is 35.4 Å². The standard InChI is InChI=1S/C22H15BrF3N3O3/c1-32-20-13(3-2-6-27-20)11-29-21(30)15-5-4-14(23)9-18(15)28(22(29)31)10-12-7-16(24)19(26)17(25)8-12/h2-9H,10-11H2,1H3.